The molecule has 2 heterocycles. The van der Waals surface area contributed by atoms with Crippen LogP contribution in [0.3, 0.4) is 0 Å². The Hall–Kier alpha value is -0.570. The van der Waals surface area contributed by atoms with Crippen molar-refractivity contribution < 1.29 is 9.28 Å². The smallest absolute Gasteiger partial charge is 0.222 e. The van der Waals surface area contributed by atoms with Gasteiger partial charge in [-0.1, -0.05) is 0 Å². The van der Waals surface area contributed by atoms with Gasteiger partial charge in [0.25, 0.3) is 0 Å². The van der Waals surface area contributed by atoms with Crippen LogP contribution < -0.4 is 0 Å². The zero-order valence-corrected chi connectivity index (χ0v) is 10.0. The minimum Gasteiger partial charge on any atom is -0.337 e. The molecule has 0 aromatic heterocycles. The molecule has 3 nitrogen and oxygen atoms in total. The molecule has 0 radical (unpaired) electrons. The van der Waals surface area contributed by atoms with Gasteiger partial charge in [-0.3, -0.25) is 4.79 Å². The summed E-state index contributed by atoms with van der Waals surface area (Å²) in [7, 11) is 4.60. The van der Waals surface area contributed by atoms with Crippen LogP contribution in [0.5, 0.6) is 0 Å². The van der Waals surface area contributed by atoms with Gasteiger partial charge in [-0.05, 0) is 12.8 Å². The summed E-state index contributed by atoms with van der Waals surface area (Å²) in [6.45, 7) is 3.26. The van der Waals surface area contributed by atoms with E-state index in [1.54, 1.807) is 0 Å². The molecule has 1 atom stereocenters. The molecule has 0 aromatic rings. The number of likely N-dealkylation sites (N-methyl/N-ethyl adjacent to an activating group) is 1. The Bertz CT molecular complexity index is 250. The van der Waals surface area contributed by atoms with Crippen molar-refractivity contribution in [3.8, 4) is 0 Å². The van der Waals surface area contributed by atoms with Gasteiger partial charge in [-0.2, -0.15) is 0 Å². The molecule has 0 aliphatic carbocycles. The van der Waals surface area contributed by atoms with E-state index in [0.717, 1.165) is 30.4 Å². The molecule has 0 spiro atoms. The lowest BCUT2D eigenvalue weighted by Gasteiger charge is -2.36. The highest BCUT2D eigenvalue weighted by Gasteiger charge is 2.36. The van der Waals surface area contributed by atoms with Crippen LogP contribution in [0.2, 0.25) is 0 Å². The van der Waals surface area contributed by atoms with Gasteiger partial charge < -0.3 is 9.38 Å². The molecule has 2 aliphatic rings. The van der Waals surface area contributed by atoms with Crippen LogP contribution in [-0.2, 0) is 4.79 Å². The second-order valence-corrected chi connectivity index (χ2v) is 5.60. The lowest BCUT2D eigenvalue weighted by Crippen LogP contribution is -2.51. The highest BCUT2D eigenvalue weighted by molar-refractivity contribution is 5.76. The van der Waals surface area contributed by atoms with Crippen LogP contribution in [-0.4, -0.2) is 55.1 Å². The molecule has 3 heteroatoms. The maximum atomic E-state index is 11.7. The molecule has 15 heavy (non-hydrogen) atoms. The van der Waals surface area contributed by atoms with Crippen molar-refractivity contribution in [3.63, 3.8) is 0 Å². The van der Waals surface area contributed by atoms with E-state index in [-0.39, 0.29) is 0 Å². The summed E-state index contributed by atoms with van der Waals surface area (Å²) in [5.74, 6) is 0.383. The SMILES string of the molecule is C[N+]1(C)CCC[C@H]1CN1CCCCC1=O. The predicted molar refractivity (Wildman–Crippen MR) is 60.4 cm³/mol. The first kappa shape index (κ1) is 10.9. The third-order valence-corrected chi connectivity index (χ3v) is 4.11. The van der Waals surface area contributed by atoms with Crippen molar-refractivity contribution in [2.45, 2.75) is 38.1 Å². The molecule has 0 bridgehead atoms. The van der Waals surface area contributed by atoms with Gasteiger partial charge in [0.1, 0.15) is 6.04 Å². The summed E-state index contributed by atoms with van der Waals surface area (Å²) in [4.78, 5) is 13.8. The van der Waals surface area contributed by atoms with Gasteiger partial charge in [0.15, 0.2) is 0 Å². The minimum atomic E-state index is 0.383. The Kier molecular flexibility index (Phi) is 3.01. The molecule has 0 saturated carbocycles. The summed E-state index contributed by atoms with van der Waals surface area (Å²) >= 11 is 0. The lowest BCUT2D eigenvalue weighted by molar-refractivity contribution is -0.901. The van der Waals surface area contributed by atoms with Gasteiger partial charge >= 0.3 is 0 Å². The quantitative estimate of drug-likeness (QED) is 0.629. The summed E-state index contributed by atoms with van der Waals surface area (Å²) in [5, 5.41) is 0. The van der Waals surface area contributed by atoms with Crippen molar-refractivity contribution in [1.29, 1.82) is 0 Å². The fourth-order valence-corrected chi connectivity index (χ4v) is 2.89. The average Bonchev–Trinajstić information content (AvgIpc) is 2.50. The third kappa shape index (κ3) is 2.33. The zero-order chi connectivity index (χ0) is 10.9. The Morgan fingerprint density at radius 2 is 2.13 bits per heavy atom. The average molecular weight is 211 g/mol. The van der Waals surface area contributed by atoms with Gasteiger partial charge in [0, 0.05) is 25.8 Å². The maximum Gasteiger partial charge on any atom is 0.222 e. The number of rotatable bonds is 2. The van der Waals surface area contributed by atoms with E-state index in [0.29, 0.717) is 11.9 Å². The third-order valence-electron chi connectivity index (χ3n) is 4.11. The summed E-state index contributed by atoms with van der Waals surface area (Å²) in [5.41, 5.74) is 0. The van der Waals surface area contributed by atoms with Crippen molar-refractivity contribution in [3.05, 3.63) is 0 Å². The number of amides is 1. The van der Waals surface area contributed by atoms with E-state index in [1.165, 1.54) is 25.8 Å². The van der Waals surface area contributed by atoms with E-state index in [1.807, 2.05) is 0 Å². The zero-order valence-electron chi connectivity index (χ0n) is 10.0. The van der Waals surface area contributed by atoms with Crippen LogP contribution in [0.4, 0.5) is 0 Å². The minimum absolute atomic E-state index is 0.383. The fourth-order valence-electron chi connectivity index (χ4n) is 2.89. The summed E-state index contributed by atoms with van der Waals surface area (Å²) in [6.07, 6.45) is 5.68. The molecular weight excluding hydrogens is 188 g/mol. The van der Waals surface area contributed by atoms with E-state index in [4.69, 9.17) is 0 Å². The molecule has 2 aliphatic heterocycles. The second-order valence-electron chi connectivity index (χ2n) is 5.60. The van der Waals surface area contributed by atoms with Crippen LogP contribution in [0.15, 0.2) is 0 Å². The molecule has 0 unspecified atom stereocenters. The number of piperidine rings is 1. The fraction of sp³-hybridized carbons (Fsp3) is 0.917. The van der Waals surface area contributed by atoms with Crippen LogP contribution >= 0.6 is 0 Å². The molecule has 0 N–H and O–H groups in total. The van der Waals surface area contributed by atoms with Crippen molar-refractivity contribution >= 4 is 5.91 Å². The molecule has 2 saturated heterocycles. The first-order valence-electron chi connectivity index (χ1n) is 6.20. The van der Waals surface area contributed by atoms with Crippen LogP contribution in [0, 0.1) is 0 Å². The number of carbonyl (C=O) groups is 1. The number of quaternary nitrogens is 1. The van der Waals surface area contributed by atoms with Gasteiger partial charge in [-0.15, -0.1) is 0 Å². The molecule has 86 valence electrons. The van der Waals surface area contributed by atoms with Crippen LogP contribution in [0.25, 0.3) is 0 Å². The topological polar surface area (TPSA) is 20.3 Å². The maximum absolute atomic E-state index is 11.7. The first-order valence-corrected chi connectivity index (χ1v) is 6.20. The molecule has 0 aromatic carbocycles. The Morgan fingerprint density at radius 3 is 2.73 bits per heavy atom. The summed E-state index contributed by atoms with van der Waals surface area (Å²) in [6, 6.07) is 0.673. The second kappa shape index (κ2) is 4.12. The monoisotopic (exact) mass is 211 g/mol. The van der Waals surface area contributed by atoms with Crippen molar-refractivity contribution in [2.75, 3.05) is 33.7 Å². The number of hydrogen-bond acceptors (Lipinski definition) is 1. The molecule has 2 fully saturated rings. The lowest BCUT2D eigenvalue weighted by atomic mass is 10.1. The molecule has 2 rings (SSSR count). The Morgan fingerprint density at radius 1 is 1.33 bits per heavy atom. The highest BCUT2D eigenvalue weighted by Crippen LogP contribution is 2.24. The van der Waals surface area contributed by atoms with Crippen molar-refractivity contribution in [1.82, 2.24) is 4.90 Å². The van der Waals surface area contributed by atoms with Gasteiger partial charge in [0.2, 0.25) is 5.91 Å². The number of nitrogens with zero attached hydrogens (tertiary/aromatic N) is 2. The van der Waals surface area contributed by atoms with Crippen molar-refractivity contribution in [2.24, 2.45) is 0 Å². The van der Waals surface area contributed by atoms with Crippen LogP contribution in [0.1, 0.15) is 32.1 Å². The molecular formula is C12H23N2O+. The highest BCUT2D eigenvalue weighted by atomic mass is 16.2. The first-order chi connectivity index (χ1) is 7.09. The van der Waals surface area contributed by atoms with E-state index in [2.05, 4.69) is 19.0 Å². The Balaban J connectivity index is 1.93. The number of hydrogen-bond donors (Lipinski definition) is 0. The van der Waals surface area contributed by atoms with Gasteiger partial charge in [-0.25, -0.2) is 0 Å². The van der Waals surface area contributed by atoms with E-state index >= 15 is 0 Å². The Labute approximate surface area is 92.6 Å². The van der Waals surface area contributed by atoms with E-state index in [9.17, 15) is 4.79 Å². The molecule has 1 amide bonds. The number of carbonyl (C=O) groups excluding carboxylic acids is 1. The largest absolute Gasteiger partial charge is 0.337 e. The van der Waals surface area contributed by atoms with E-state index < -0.39 is 0 Å². The standard InChI is InChI=1S/C12H23N2O/c1-14(2)9-5-6-11(14)10-13-8-4-3-7-12(13)15/h11H,3-10H2,1-2H3/q+1/t11-/m0/s1. The normalized spacial score (nSPS) is 30.9. The summed E-state index contributed by atoms with van der Waals surface area (Å²) < 4.78 is 1.10. The number of likely N-dealkylation sites (tertiary alicyclic amines) is 2. The van der Waals surface area contributed by atoms with Gasteiger partial charge in [0.05, 0.1) is 27.2 Å². The predicted octanol–water partition coefficient (Wildman–Crippen LogP) is 1.24.